The number of alkyl carbamates (subject to hydrolysis) is 1. The summed E-state index contributed by atoms with van der Waals surface area (Å²) in [5, 5.41) is 8.26. The van der Waals surface area contributed by atoms with Crippen LogP contribution in [0.3, 0.4) is 0 Å². The van der Waals surface area contributed by atoms with E-state index < -0.39 is 63.3 Å². The Balaban J connectivity index is 1.70. The molecule has 1 fully saturated rings. The first kappa shape index (κ1) is 34.9. The van der Waals surface area contributed by atoms with Crippen molar-refractivity contribution in [1.29, 1.82) is 0 Å². The summed E-state index contributed by atoms with van der Waals surface area (Å²) in [6, 6.07) is 9.12. The summed E-state index contributed by atoms with van der Waals surface area (Å²) in [4.78, 5) is 26.4. The molecule has 3 N–H and O–H groups in total. The van der Waals surface area contributed by atoms with Crippen LogP contribution in [0.25, 0.3) is 0 Å². The van der Waals surface area contributed by atoms with Gasteiger partial charge in [-0.3, -0.25) is 4.79 Å². The number of ether oxygens (including phenoxy) is 1. The molecule has 1 aliphatic heterocycles. The summed E-state index contributed by atoms with van der Waals surface area (Å²) in [6.45, 7) is 2.72. The lowest BCUT2D eigenvalue weighted by molar-refractivity contribution is -0.118. The predicted octanol–water partition coefficient (Wildman–Crippen LogP) is 4.68. The molecule has 0 radical (unpaired) electrons. The molecule has 3 aromatic carbocycles. The van der Waals surface area contributed by atoms with Gasteiger partial charge in [-0.25, -0.2) is 30.8 Å². The number of hydrogen-bond donors (Lipinski definition) is 3. The quantitative estimate of drug-likeness (QED) is 0.257. The molecule has 1 aliphatic rings. The van der Waals surface area contributed by atoms with Gasteiger partial charge in [0.15, 0.2) is 0 Å². The van der Waals surface area contributed by atoms with E-state index in [2.05, 4.69) is 16.0 Å². The fraction of sp³-hybridized carbons (Fsp3) is 0.375. The normalized spacial score (nSPS) is 18.4. The van der Waals surface area contributed by atoms with Crippen LogP contribution < -0.4 is 16.0 Å². The van der Waals surface area contributed by atoms with Gasteiger partial charge in [-0.1, -0.05) is 25.1 Å². The molecule has 0 aromatic heterocycles. The van der Waals surface area contributed by atoms with Gasteiger partial charge in [0.25, 0.3) is 0 Å². The van der Waals surface area contributed by atoms with E-state index in [1.807, 2.05) is 6.92 Å². The molecule has 4 rings (SSSR count). The van der Waals surface area contributed by atoms with E-state index in [1.165, 1.54) is 34.6 Å². The minimum absolute atomic E-state index is 0.0443. The first-order chi connectivity index (χ1) is 21.8. The molecule has 0 bridgehead atoms. The van der Waals surface area contributed by atoms with Crippen LogP contribution in [0, 0.1) is 23.3 Å². The maximum atomic E-state index is 15.3. The Bertz CT molecular complexity index is 1640. The fourth-order valence-electron chi connectivity index (χ4n) is 5.93. The highest BCUT2D eigenvalue weighted by atomic mass is 32.2. The zero-order valence-electron chi connectivity index (χ0n) is 25.5. The van der Waals surface area contributed by atoms with Gasteiger partial charge in [0, 0.05) is 48.4 Å². The van der Waals surface area contributed by atoms with E-state index in [-0.39, 0.29) is 41.3 Å². The monoisotopic (exact) mass is 664 g/mol. The smallest absolute Gasteiger partial charge is 0.407 e. The number of carbonyl (C=O) groups is 2. The number of piperazine rings is 1. The highest BCUT2D eigenvalue weighted by molar-refractivity contribution is 7.88. The second-order valence-electron chi connectivity index (χ2n) is 11.1. The summed E-state index contributed by atoms with van der Waals surface area (Å²) in [5.41, 5.74) is 0.330. The van der Waals surface area contributed by atoms with Crippen LogP contribution in [0.15, 0.2) is 60.7 Å². The number of rotatable bonds is 11. The second kappa shape index (κ2) is 15.1. The number of nitrogens with zero attached hydrogens (tertiary/aromatic N) is 1. The van der Waals surface area contributed by atoms with Crippen molar-refractivity contribution >= 4 is 27.7 Å². The summed E-state index contributed by atoms with van der Waals surface area (Å²) in [7, 11) is -2.51. The van der Waals surface area contributed by atoms with Gasteiger partial charge in [0.1, 0.15) is 29.3 Å². The van der Waals surface area contributed by atoms with Crippen LogP contribution in [0.2, 0.25) is 0 Å². The molecule has 4 atom stereocenters. The zero-order chi connectivity index (χ0) is 33.6. The zero-order valence-corrected chi connectivity index (χ0v) is 26.3. The molecular weight excluding hydrogens is 628 g/mol. The third-order valence-electron chi connectivity index (χ3n) is 7.99. The number of sulfonamides is 1. The Morgan fingerprint density at radius 3 is 2.22 bits per heavy atom. The molecule has 0 saturated carbocycles. The Kier molecular flexibility index (Phi) is 11.4. The van der Waals surface area contributed by atoms with Crippen molar-refractivity contribution in [1.82, 2.24) is 14.9 Å². The van der Waals surface area contributed by atoms with Crippen molar-refractivity contribution in [2.24, 2.45) is 0 Å². The molecule has 46 heavy (non-hydrogen) atoms. The molecule has 248 valence electrons. The molecular formula is C32H36F4N4O5S. The van der Waals surface area contributed by atoms with Gasteiger partial charge in [-0.05, 0) is 66.8 Å². The Labute approximate surface area is 265 Å². The molecule has 2 amide bonds. The lowest BCUT2D eigenvalue weighted by atomic mass is 9.84. The van der Waals surface area contributed by atoms with Crippen LogP contribution in [-0.4, -0.2) is 69.3 Å². The predicted molar refractivity (Wildman–Crippen MR) is 165 cm³/mol. The number of anilines is 1. The van der Waals surface area contributed by atoms with E-state index in [4.69, 9.17) is 4.74 Å². The van der Waals surface area contributed by atoms with E-state index in [0.29, 0.717) is 25.6 Å². The highest BCUT2D eigenvalue weighted by Crippen LogP contribution is 2.32. The largest absolute Gasteiger partial charge is 0.453 e. The number of carbonyl (C=O) groups excluding carboxylic acids is 2. The topological polar surface area (TPSA) is 117 Å². The van der Waals surface area contributed by atoms with Gasteiger partial charge >= 0.3 is 6.09 Å². The van der Waals surface area contributed by atoms with Crippen molar-refractivity contribution in [2.45, 2.75) is 50.2 Å². The standard InChI is InChI=1S/C32H36F4N4O5S/c1-4-24-17-37-18-25(40(24)46(3,43)44)12-13-26-27(36)6-5-7-28(26)38-31(41)30(39-32(42)45-2)29(19-8-10-21(33)11-9-19)20-14-22(34)16-23(35)15-20/h5-11,14-16,24-25,29-30,37H,4,12-13,17-18H2,1-3H3,(H,38,41)(H,39,42)/t24-,25-,29?,30?/m0/s1. The van der Waals surface area contributed by atoms with E-state index >= 15 is 4.39 Å². The third-order valence-corrected chi connectivity index (χ3v) is 9.35. The second-order valence-corrected chi connectivity index (χ2v) is 13.0. The lowest BCUT2D eigenvalue weighted by Crippen LogP contribution is -2.58. The summed E-state index contributed by atoms with van der Waals surface area (Å²) in [6.07, 6.45) is 0.948. The highest BCUT2D eigenvalue weighted by Gasteiger charge is 2.37. The van der Waals surface area contributed by atoms with Gasteiger partial charge in [0.2, 0.25) is 15.9 Å². The van der Waals surface area contributed by atoms with Crippen LogP contribution in [0.5, 0.6) is 0 Å². The van der Waals surface area contributed by atoms with Crippen LogP contribution in [-0.2, 0) is 26.0 Å². The maximum Gasteiger partial charge on any atom is 0.407 e. The first-order valence-electron chi connectivity index (χ1n) is 14.7. The third kappa shape index (κ3) is 8.42. The molecule has 1 heterocycles. The average Bonchev–Trinajstić information content (AvgIpc) is 3.00. The van der Waals surface area contributed by atoms with Crippen molar-refractivity contribution in [3.63, 3.8) is 0 Å². The number of halogens is 4. The molecule has 0 spiro atoms. The molecule has 1 saturated heterocycles. The number of amides is 2. The van der Waals surface area contributed by atoms with E-state index in [9.17, 15) is 31.2 Å². The molecule has 9 nitrogen and oxygen atoms in total. The van der Waals surface area contributed by atoms with Crippen molar-refractivity contribution in [2.75, 3.05) is 31.8 Å². The number of methoxy groups -OCH3 is 1. The molecule has 2 unspecified atom stereocenters. The summed E-state index contributed by atoms with van der Waals surface area (Å²) in [5.74, 6) is -5.29. The van der Waals surface area contributed by atoms with Gasteiger partial charge < -0.3 is 20.7 Å². The van der Waals surface area contributed by atoms with Gasteiger partial charge in [-0.15, -0.1) is 0 Å². The Morgan fingerprint density at radius 1 is 0.957 bits per heavy atom. The SMILES string of the molecule is CC[C@H]1CNC[C@H](CCc2c(F)cccc2NC(=O)C(NC(=O)OC)C(c2ccc(F)cc2)c2cc(F)cc(F)c2)N1S(C)(=O)=O. The number of benzene rings is 3. The van der Waals surface area contributed by atoms with Gasteiger partial charge in [-0.2, -0.15) is 4.31 Å². The van der Waals surface area contributed by atoms with Crippen LogP contribution in [0.1, 0.15) is 42.4 Å². The van der Waals surface area contributed by atoms with Gasteiger partial charge in [0.05, 0.1) is 13.4 Å². The number of nitrogens with one attached hydrogen (secondary N) is 3. The lowest BCUT2D eigenvalue weighted by Gasteiger charge is -2.40. The molecule has 14 heteroatoms. The summed E-state index contributed by atoms with van der Waals surface area (Å²) < 4.78 is 89.4. The van der Waals surface area contributed by atoms with Crippen LogP contribution >= 0.6 is 0 Å². The molecule has 3 aromatic rings. The average molecular weight is 665 g/mol. The first-order valence-corrected chi connectivity index (χ1v) is 16.5. The maximum absolute atomic E-state index is 15.3. The van der Waals surface area contributed by atoms with Crippen molar-refractivity contribution < 1.29 is 40.3 Å². The Hall–Kier alpha value is -4.01. The fourth-order valence-corrected chi connectivity index (χ4v) is 7.42. The summed E-state index contributed by atoms with van der Waals surface area (Å²) >= 11 is 0. The van der Waals surface area contributed by atoms with Crippen molar-refractivity contribution in [3.05, 3.63) is 101 Å². The minimum Gasteiger partial charge on any atom is -0.453 e. The van der Waals surface area contributed by atoms with Crippen LogP contribution in [0.4, 0.5) is 28.0 Å². The van der Waals surface area contributed by atoms with E-state index in [1.54, 1.807) is 0 Å². The number of hydrogen-bond acceptors (Lipinski definition) is 6. The Morgan fingerprint density at radius 2 is 1.61 bits per heavy atom. The molecule has 0 aliphatic carbocycles. The van der Waals surface area contributed by atoms with E-state index in [0.717, 1.165) is 37.6 Å². The minimum atomic E-state index is -3.58. The van der Waals surface area contributed by atoms with Crippen molar-refractivity contribution in [3.8, 4) is 0 Å².